The number of alkyl halides is 2. The highest BCUT2D eigenvalue weighted by atomic mass is 19.3. The van der Waals surface area contributed by atoms with Gasteiger partial charge in [-0.25, -0.2) is 9.97 Å². The molecule has 1 amide bonds. The van der Waals surface area contributed by atoms with Crippen LogP contribution in [0.4, 0.5) is 8.78 Å². The van der Waals surface area contributed by atoms with E-state index >= 15 is 8.78 Å². The minimum atomic E-state index is -3.71. The van der Waals surface area contributed by atoms with Crippen LogP contribution in [0.15, 0.2) is 18.2 Å². The van der Waals surface area contributed by atoms with Crippen LogP contribution in [0.3, 0.4) is 0 Å². The summed E-state index contributed by atoms with van der Waals surface area (Å²) in [7, 11) is 1.51. The molecule has 1 aromatic heterocycles. The van der Waals surface area contributed by atoms with E-state index in [-0.39, 0.29) is 24.5 Å². The zero-order valence-corrected chi connectivity index (χ0v) is 24.8. The number of rotatable bonds is 2. The number of hydrogen-bond acceptors (Lipinski definition) is 8. The number of carbonyl (C=O) groups excluding carboxylic acids is 3. The van der Waals surface area contributed by atoms with Gasteiger partial charge in [-0.3, -0.25) is 9.59 Å². The van der Waals surface area contributed by atoms with E-state index in [9.17, 15) is 14.4 Å². The van der Waals surface area contributed by atoms with E-state index in [1.165, 1.54) is 7.11 Å². The van der Waals surface area contributed by atoms with Gasteiger partial charge in [-0.2, -0.15) is 8.78 Å². The highest BCUT2D eigenvalue weighted by Crippen LogP contribution is 2.50. The van der Waals surface area contributed by atoms with Crippen LogP contribution in [0.1, 0.15) is 71.9 Å². The average Bonchev–Trinajstić information content (AvgIpc) is 3.47. The van der Waals surface area contributed by atoms with Crippen molar-refractivity contribution in [3.8, 4) is 11.6 Å². The number of ether oxygens (including phenoxy) is 3. The number of aryl methyl sites for hydroxylation is 1. The molecule has 2 fully saturated rings. The lowest BCUT2D eigenvalue weighted by Crippen LogP contribution is -2.49. The molecule has 42 heavy (non-hydrogen) atoms. The Kier molecular flexibility index (Phi) is 7.91. The summed E-state index contributed by atoms with van der Waals surface area (Å²) in [6, 6.07) is 3.09. The Bertz CT molecular complexity index is 1380. The van der Waals surface area contributed by atoms with E-state index in [1.807, 2.05) is 6.92 Å². The average molecular weight is 588 g/mol. The van der Waals surface area contributed by atoms with E-state index in [0.717, 1.165) is 37.0 Å². The van der Waals surface area contributed by atoms with Gasteiger partial charge >= 0.3 is 11.9 Å². The Hall–Kier alpha value is -3.37. The predicted octanol–water partition coefficient (Wildman–Crippen LogP) is 4.92. The first-order chi connectivity index (χ1) is 19.8. The van der Waals surface area contributed by atoms with E-state index in [0.29, 0.717) is 28.9 Å². The number of hydrogen-bond donors (Lipinski definition) is 0. The predicted molar refractivity (Wildman–Crippen MR) is 149 cm³/mol. The molecule has 0 radical (unpaired) electrons. The van der Waals surface area contributed by atoms with Crippen LogP contribution < -0.4 is 9.47 Å². The molecule has 0 unspecified atom stereocenters. The summed E-state index contributed by atoms with van der Waals surface area (Å²) >= 11 is 0. The summed E-state index contributed by atoms with van der Waals surface area (Å²) in [4.78, 5) is 49.0. The number of carbonyl (C=O) groups is 3. The van der Waals surface area contributed by atoms with Crippen molar-refractivity contribution >= 4 is 29.2 Å². The Morgan fingerprint density at radius 1 is 1.12 bits per heavy atom. The van der Waals surface area contributed by atoms with E-state index < -0.39 is 53.4 Å². The summed E-state index contributed by atoms with van der Waals surface area (Å²) in [5.41, 5.74) is 0.0744. The highest BCUT2D eigenvalue weighted by Gasteiger charge is 2.61. The second kappa shape index (κ2) is 11.0. The number of methoxy groups -OCH3 is 1. The Balaban J connectivity index is 1.53. The minimum Gasteiger partial charge on any atom is -0.497 e. The smallest absolute Gasteiger partial charge is 0.312 e. The molecule has 2 aliphatic heterocycles. The molecule has 1 aromatic carbocycles. The van der Waals surface area contributed by atoms with Crippen molar-refractivity contribution in [3.05, 3.63) is 23.9 Å². The maximum Gasteiger partial charge on any atom is 0.312 e. The van der Waals surface area contributed by atoms with Gasteiger partial charge in [0.05, 0.1) is 37.0 Å². The number of aromatic nitrogens is 2. The van der Waals surface area contributed by atoms with Crippen LogP contribution in [0.5, 0.6) is 11.6 Å². The molecule has 9 nitrogen and oxygen atoms in total. The lowest BCUT2D eigenvalue weighted by atomic mass is 9.77. The second-order valence-electron chi connectivity index (χ2n) is 13.1. The van der Waals surface area contributed by atoms with E-state index in [4.69, 9.17) is 19.2 Å². The first-order valence-electron chi connectivity index (χ1n) is 14.6. The molecule has 0 spiro atoms. The van der Waals surface area contributed by atoms with Crippen LogP contribution in [0, 0.1) is 17.3 Å². The lowest BCUT2D eigenvalue weighted by Gasteiger charge is -2.34. The number of nitrogens with zero attached hydrogens (tertiary/aromatic N) is 3. The topological polar surface area (TPSA) is 108 Å². The maximum absolute atomic E-state index is 15.8. The molecule has 1 aliphatic carbocycles. The summed E-state index contributed by atoms with van der Waals surface area (Å²) < 4.78 is 48.6. The fraction of sp³-hybridized carbons (Fsp3) is 0.645. The summed E-state index contributed by atoms with van der Waals surface area (Å²) in [5, 5.41) is 0. The molecule has 3 aliphatic rings. The molecular formula is C31H39F2N3O6. The van der Waals surface area contributed by atoms with E-state index in [1.54, 1.807) is 39.0 Å². The number of amides is 1. The van der Waals surface area contributed by atoms with Gasteiger partial charge in [-0.05, 0) is 50.2 Å². The molecule has 5 atom stereocenters. The Labute approximate surface area is 244 Å². The summed E-state index contributed by atoms with van der Waals surface area (Å²) in [6.45, 7) is 6.65. The SMILES string of the molecule is COc1ccc2nc3c(nc2c1)O[C@H]1CN(C(=O)[C@H](C(C)(C)C)CC(=O)O[C@]2(C)C[C@H]2CCCCC3)[C@H](C=O)C1(F)F. The van der Waals surface area contributed by atoms with Gasteiger partial charge in [-0.15, -0.1) is 0 Å². The van der Waals surface area contributed by atoms with Crippen LogP contribution in [-0.2, 0) is 25.5 Å². The van der Waals surface area contributed by atoms with Crippen molar-refractivity contribution in [3.63, 3.8) is 0 Å². The quantitative estimate of drug-likeness (QED) is 0.360. The van der Waals surface area contributed by atoms with Gasteiger partial charge in [0.2, 0.25) is 11.8 Å². The van der Waals surface area contributed by atoms with Crippen LogP contribution in [0.2, 0.25) is 0 Å². The van der Waals surface area contributed by atoms with Gasteiger partial charge in [-0.1, -0.05) is 33.6 Å². The fourth-order valence-corrected chi connectivity index (χ4v) is 6.15. The van der Waals surface area contributed by atoms with Crippen molar-refractivity contribution in [2.75, 3.05) is 13.7 Å². The molecule has 11 heteroatoms. The third-order valence-corrected chi connectivity index (χ3v) is 8.98. The Morgan fingerprint density at radius 3 is 2.57 bits per heavy atom. The minimum absolute atomic E-state index is 0.0498. The van der Waals surface area contributed by atoms with Crippen molar-refractivity contribution in [1.82, 2.24) is 14.9 Å². The van der Waals surface area contributed by atoms with Gasteiger partial charge in [0, 0.05) is 12.0 Å². The van der Waals surface area contributed by atoms with Crippen LogP contribution >= 0.6 is 0 Å². The van der Waals surface area contributed by atoms with Crippen LogP contribution in [0.25, 0.3) is 11.0 Å². The number of esters is 1. The standard InChI is InChI=1S/C31H39F2N3O6/c1-29(2,3)20-14-26(38)42-30(4)15-18(30)9-7-6-8-10-22-27(35-23-13-19(40-5)11-12-21(23)34-22)41-25-16-36(28(20)39)24(17-37)31(25,32)33/h11-13,17-18,20,24-25H,6-10,14-16H2,1-5H3/t18-,20-,24-,25+,30-/m1/s1. The number of benzene rings is 1. The summed E-state index contributed by atoms with van der Waals surface area (Å²) in [5.74, 6) is -5.23. The van der Waals surface area contributed by atoms with Crippen LogP contribution in [-0.4, -0.2) is 70.4 Å². The van der Waals surface area contributed by atoms with Gasteiger partial charge in [0.15, 0.2) is 12.1 Å². The largest absolute Gasteiger partial charge is 0.497 e. The molecule has 2 bridgehead atoms. The third kappa shape index (κ3) is 5.79. The zero-order valence-electron chi connectivity index (χ0n) is 24.8. The molecular weight excluding hydrogens is 548 g/mol. The lowest BCUT2D eigenvalue weighted by molar-refractivity contribution is -0.159. The van der Waals surface area contributed by atoms with Crippen molar-refractivity contribution in [2.24, 2.45) is 17.3 Å². The molecule has 3 heterocycles. The number of halogens is 2. The zero-order chi connectivity index (χ0) is 30.4. The fourth-order valence-electron chi connectivity index (χ4n) is 6.15. The van der Waals surface area contributed by atoms with Gasteiger partial charge < -0.3 is 23.9 Å². The van der Waals surface area contributed by atoms with Crippen molar-refractivity contribution < 1.29 is 37.4 Å². The molecule has 2 aromatic rings. The van der Waals surface area contributed by atoms with Gasteiger partial charge in [0.1, 0.15) is 23.3 Å². The molecule has 1 saturated carbocycles. The molecule has 228 valence electrons. The summed E-state index contributed by atoms with van der Waals surface area (Å²) in [6.07, 6.45) is 2.55. The third-order valence-electron chi connectivity index (χ3n) is 8.98. The first-order valence-corrected chi connectivity index (χ1v) is 14.6. The Morgan fingerprint density at radius 2 is 1.88 bits per heavy atom. The second-order valence-corrected chi connectivity index (χ2v) is 13.1. The monoisotopic (exact) mass is 587 g/mol. The first kappa shape index (κ1) is 30.1. The molecule has 0 N–H and O–H groups in total. The highest BCUT2D eigenvalue weighted by molar-refractivity contribution is 5.87. The number of aldehydes is 1. The van der Waals surface area contributed by atoms with E-state index in [2.05, 4.69) is 4.98 Å². The van der Waals surface area contributed by atoms with Crippen molar-refractivity contribution in [1.29, 1.82) is 0 Å². The molecule has 1 saturated heterocycles. The normalized spacial score (nSPS) is 30.3. The molecule has 5 rings (SSSR count). The van der Waals surface area contributed by atoms with Crippen molar-refractivity contribution in [2.45, 2.75) is 96.3 Å². The number of fused-ring (bicyclic) bond motifs is 5. The van der Waals surface area contributed by atoms with Gasteiger partial charge in [0.25, 0.3) is 0 Å². The maximum atomic E-state index is 15.8.